The summed E-state index contributed by atoms with van der Waals surface area (Å²) in [6.45, 7) is 3.36. The van der Waals surface area contributed by atoms with Gasteiger partial charge in [0, 0.05) is 6.04 Å². The topological polar surface area (TPSA) is 21.3 Å². The highest BCUT2D eigenvalue weighted by atomic mass is 16.5. The van der Waals surface area contributed by atoms with Gasteiger partial charge < -0.3 is 10.1 Å². The molecule has 0 saturated heterocycles. The van der Waals surface area contributed by atoms with E-state index in [2.05, 4.69) is 30.4 Å². The summed E-state index contributed by atoms with van der Waals surface area (Å²) in [5.74, 6) is 1.88. The standard InChI is InChI=1S/C17H27NO/c1-3-12-18-16(14-8-4-5-9-14)13-15-10-6-7-11-17(15)19-2/h6-7,10-11,14,16,18H,3-5,8-9,12-13H2,1-2H3. The Morgan fingerprint density at radius 3 is 2.68 bits per heavy atom. The molecule has 1 fully saturated rings. The molecule has 106 valence electrons. The van der Waals surface area contributed by atoms with Gasteiger partial charge in [0.05, 0.1) is 7.11 Å². The van der Waals surface area contributed by atoms with E-state index in [-0.39, 0.29) is 0 Å². The zero-order valence-corrected chi connectivity index (χ0v) is 12.3. The van der Waals surface area contributed by atoms with Crippen molar-refractivity contribution in [3.8, 4) is 5.75 Å². The molecular formula is C17H27NO. The van der Waals surface area contributed by atoms with E-state index in [0.29, 0.717) is 6.04 Å². The minimum Gasteiger partial charge on any atom is -0.496 e. The molecule has 0 radical (unpaired) electrons. The lowest BCUT2D eigenvalue weighted by Crippen LogP contribution is -2.37. The van der Waals surface area contributed by atoms with E-state index in [1.165, 1.54) is 37.7 Å². The maximum Gasteiger partial charge on any atom is 0.122 e. The Morgan fingerprint density at radius 2 is 2.00 bits per heavy atom. The normalized spacial score (nSPS) is 17.6. The fourth-order valence-electron chi connectivity index (χ4n) is 3.20. The minimum absolute atomic E-state index is 0.610. The largest absolute Gasteiger partial charge is 0.496 e. The lowest BCUT2D eigenvalue weighted by molar-refractivity contribution is 0.348. The Kier molecular flexibility index (Phi) is 5.71. The van der Waals surface area contributed by atoms with Crippen LogP contribution in [0.15, 0.2) is 24.3 Å². The molecule has 2 rings (SSSR count). The molecule has 1 aliphatic rings. The molecule has 0 heterocycles. The fraction of sp³-hybridized carbons (Fsp3) is 0.647. The van der Waals surface area contributed by atoms with E-state index in [4.69, 9.17) is 4.74 Å². The number of hydrogen-bond acceptors (Lipinski definition) is 2. The molecule has 0 amide bonds. The first kappa shape index (κ1) is 14.4. The summed E-state index contributed by atoms with van der Waals surface area (Å²) in [6, 6.07) is 9.05. The van der Waals surface area contributed by atoms with Gasteiger partial charge in [0.15, 0.2) is 0 Å². The second-order valence-corrected chi connectivity index (χ2v) is 5.62. The van der Waals surface area contributed by atoms with Crippen LogP contribution in [0.25, 0.3) is 0 Å². The van der Waals surface area contributed by atoms with E-state index < -0.39 is 0 Å². The molecule has 1 aliphatic carbocycles. The van der Waals surface area contributed by atoms with Gasteiger partial charge in [0.1, 0.15) is 5.75 Å². The second-order valence-electron chi connectivity index (χ2n) is 5.62. The van der Waals surface area contributed by atoms with Crippen LogP contribution in [0.1, 0.15) is 44.6 Å². The highest BCUT2D eigenvalue weighted by molar-refractivity contribution is 5.34. The molecule has 19 heavy (non-hydrogen) atoms. The van der Waals surface area contributed by atoms with Gasteiger partial charge >= 0.3 is 0 Å². The van der Waals surface area contributed by atoms with Gasteiger partial charge in [0.2, 0.25) is 0 Å². The van der Waals surface area contributed by atoms with Gasteiger partial charge in [-0.15, -0.1) is 0 Å². The van der Waals surface area contributed by atoms with Crippen molar-refractivity contribution in [2.24, 2.45) is 5.92 Å². The second kappa shape index (κ2) is 7.54. The summed E-state index contributed by atoms with van der Waals surface area (Å²) < 4.78 is 5.49. The van der Waals surface area contributed by atoms with E-state index in [1.54, 1.807) is 7.11 Å². The molecule has 1 saturated carbocycles. The molecule has 2 heteroatoms. The lowest BCUT2D eigenvalue weighted by atomic mass is 9.91. The van der Waals surface area contributed by atoms with Crippen LogP contribution in [0.3, 0.4) is 0 Å². The smallest absolute Gasteiger partial charge is 0.122 e. The van der Waals surface area contributed by atoms with Crippen LogP contribution in [-0.4, -0.2) is 19.7 Å². The van der Waals surface area contributed by atoms with Crippen LogP contribution in [0.4, 0.5) is 0 Å². The molecular weight excluding hydrogens is 234 g/mol. The lowest BCUT2D eigenvalue weighted by Gasteiger charge is -2.25. The highest BCUT2D eigenvalue weighted by Crippen LogP contribution is 2.30. The molecule has 1 unspecified atom stereocenters. The zero-order chi connectivity index (χ0) is 13.5. The van der Waals surface area contributed by atoms with Crippen LogP contribution >= 0.6 is 0 Å². The number of benzene rings is 1. The number of rotatable bonds is 7. The van der Waals surface area contributed by atoms with Gasteiger partial charge in [-0.2, -0.15) is 0 Å². The maximum absolute atomic E-state index is 5.49. The van der Waals surface area contributed by atoms with Crippen LogP contribution in [0.5, 0.6) is 5.75 Å². The number of para-hydroxylation sites is 1. The summed E-state index contributed by atoms with van der Waals surface area (Å²) in [5.41, 5.74) is 1.34. The van der Waals surface area contributed by atoms with Crippen LogP contribution in [0, 0.1) is 5.92 Å². The fourth-order valence-corrected chi connectivity index (χ4v) is 3.20. The van der Waals surface area contributed by atoms with E-state index in [0.717, 1.165) is 24.6 Å². The first-order valence-electron chi connectivity index (χ1n) is 7.70. The summed E-state index contributed by atoms with van der Waals surface area (Å²) in [6.07, 6.45) is 7.87. The van der Waals surface area contributed by atoms with E-state index in [1.807, 2.05) is 6.07 Å². The maximum atomic E-state index is 5.49. The predicted molar refractivity (Wildman–Crippen MR) is 80.7 cm³/mol. The number of ether oxygens (including phenoxy) is 1. The molecule has 1 atom stereocenters. The molecule has 0 aromatic heterocycles. The molecule has 1 N–H and O–H groups in total. The summed E-state index contributed by atoms with van der Waals surface area (Å²) in [7, 11) is 1.77. The summed E-state index contributed by atoms with van der Waals surface area (Å²) >= 11 is 0. The SMILES string of the molecule is CCCNC(Cc1ccccc1OC)C1CCCC1. The van der Waals surface area contributed by atoms with Crippen molar-refractivity contribution in [3.05, 3.63) is 29.8 Å². The highest BCUT2D eigenvalue weighted by Gasteiger charge is 2.25. The first-order chi connectivity index (χ1) is 9.35. The molecule has 1 aromatic rings. The van der Waals surface area contributed by atoms with Crippen molar-refractivity contribution in [2.45, 2.75) is 51.5 Å². The van der Waals surface area contributed by atoms with E-state index in [9.17, 15) is 0 Å². The predicted octanol–water partition coefficient (Wildman–Crippen LogP) is 3.80. The van der Waals surface area contributed by atoms with Gasteiger partial charge in [-0.25, -0.2) is 0 Å². The van der Waals surface area contributed by atoms with Crippen molar-refractivity contribution in [3.63, 3.8) is 0 Å². The zero-order valence-electron chi connectivity index (χ0n) is 12.3. The number of nitrogens with one attached hydrogen (secondary N) is 1. The van der Waals surface area contributed by atoms with E-state index >= 15 is 0 Å². The quantitative estimate of drug-likeness (QED) is 0.806. The monoisotopic (exact) mass is 261 g/mol. The van der Waals surface area contributed by atoms with Crippen LogP contribution < -0.4 is 10.1 Å². The number of hydrogen-bond donors (Lipinski definition) is 1. The third-order valence-corrected chi connectivity index (χ3v) is 4.26. The van der Waals surface area contributed by atoms with Gasteiger partial charge in [-0.1, -0.05) is 38.0 Å². The van der Waals surface area contributed by atoms with Gasteiger partial charge in [0.25, 0.3) is 0 Å². The Balaban J connectivity index is 2.05. The van der Waals surface area contributed by atoms with Crippen molar-refractivity contribution < 1.29 is 4.74 Å². The Bertz CT molecular complexity index is 371. The molecule has 0 aliphatic heterocycles. The minimum atomic E-state index is 0.610. The molecule has 0 bridgehead atoms. The summed E-state index contributed by atoms with van der Waals surface area (Å²) in [4.78, 5) is 0. The van der Waals surface area contributed by atoms with Crippen molar-refractivity contribution >= 4 is 0 Å². The third-order valence-electron chi connectivity index (χ3n) is 4.26. The van der Waals surface area contributed by atoms with Gasteiger partial charge in [-0.05, 0) is 49.8 Å². The Hall–Kier alpha value is -1.02. The number of methoxy groups -OCH3 is 1. The Morgan fingerprint density at radius 1 is 1.26 bits per heavy atom. The molecule has 1 aromatic carbocycles. The molecule has 0 spiro atoms. The molecule has 2 nitrogen and oxygen atoms in total. The summed E-state index contributed by atoms with van der Waals surface area (Å²) in [5, 5.41) is 3.76. The average molecular weight is 261 g/mol. The van der Waals surface area contributed by atoms with Crippen LogP contribution in [-0.2, 0) is 6.42 Å². The van der Waals surface area contributed by atoms with Crippen molar-refractivity contribution in [1.82, 2.24) is 5.32 Å². The average Bonchev–Trinajstić information content (AvgIpc) is 2.98. The van der Waals surface area contributed by atoms with Crippen molar-refractivity contribution in [1.29, 1.82) is 0 Å². The Labute approximate surface area is 117 Å². The third kappa shape index (κ3) is 3.97. The van der Waals surface area contributed by atoms with Crippen LogP contribution in [0.2, 0.25) is 0 Å². The van der Waals surface area contributed by atoms with Gasteiger partial charge in [-0.3, -0.25) is 0 Å². The first-order valence-corrected chi connectivity index (χ1v) is 7.70. The van der Waals surface area contributed by atoms with Crippen molar-refractivity contribution in [2.75, 3.05) is 13.7 Å².